The third-order valence-corrected chi connectivity index (χ3v) is 5.92. The van der Waals surface area contributed by atoms with E-state index in [-0.39, 0.29) is 5.75 Å². The maximum atomic E-state index is 11.8. The molecule has 2 atom stereocenters. The fraction of sp³-hybridized carbons (Fsp3) is 0.600. The molecule has 1 heterocycles. The molecular formula is C15H24N2O2S. The zero-order valence-corrected chi connectivity index (χ0v) is 13.1. The number of hydrogen-bond donors (Lipinski definition) is 1. The van der Waals surface area contributed by atoms with Crippen LogP contribution in [0.15, 0.2) is 29.2 Å². The molecule has 0 spiro atoms. The first-order valence-electron chi connectivity index (χ1n) is 7.30. The van der Waals surface area contributed by atoms with Crippen molar-refractivity contribution in [3.05, 3.63) is 24.3 Å². The molecular weight excluding hydrogens is 272 g/mol. The number of hydrogen-bond acceptors (Lipinski definition) is 4. The molecule has 20 heavy (non-hydrogen) atoms. The summed E-state index contributed by atoms with van der Waals surface area (Å²) in [5.41, 5.74) is 6.95. The zero-order valence-electron chi connectivity index (χ0n) is 12.2. The van der Waals surface area contributed by atoms with Gasteiger partial charge in [0.25, 0.3) is 0 Å². The minimum absolute atomic E-state index is 0.137. The van der Waals surface area contributed by atoms with Gasteiger partial charge in [0.15, 0.2) is 9.84 Å². The van der Waals surface area contributed by atoms with Gasteiger partial charge in [-0.1, -0.05) is 6.92 Å². The van der Waals surface area contributed by atoms with Crippen LogP contribution in [0, 0.1) is 0 Å². The Kier molecular flexibility index (Phi) is 4.70. The molecule has 0 radical (unpaired) electrons. The fourth-order valence-corrected chi connectivity index (χ4v) is 3.86. The first-order valence-corrected chi connectivity index (χ1v) is 8.96. The van der Waals surface area contributed by atoms with Gasteiger partial charge in [0.2, 0.25) is 0 Å². The van der Waals surface area contributed by atoms with Gasteiger partial charge in [-0.15, -0.1) is 0 Å². The summed E-state index contributed by atoms with van der Waals surface area (Å²) in [6.07, 6.45) is 3.48. The zero-order chi connectivity index (χ0) is 14.8. The van der Waals surface area contributed by atoms with Crippen molar-refractivity contribution >= 4 is 15.5 Å². The molecule has 0 aromatic heterocycles. The largest absolute Gasteiger partial charge is 0.365 e. The van der Waals surface area contributed by atoms with E-state index in [2.05, 4.69) is 11.8 Å². The molecule has 2 rings (SSSR count). The maximum absolute atomic E-state index is 11.8. The Morgan fingerprint density at radius 1 is 1.25 bits per heavy atom. The van der Waals surface area contributed by atoms with Crippen LogP contribution in [0.1, 0.15) is 33.1 Å². The molecule has 4 nitrogen and oxygen atoms in total. The molecule has 1 aromatic rings. The Hall–Kier alpha value is -1.07. The first kappa shape index (κ1) is 15.3. The highest BCUT2D eigenvalue weighted by atomic mass is 32.2. The summed E-state index contributed by atoms with van der Waals surface area (Å²) >= 11 is 0. The first-order chi connectivity index (χ1) is 9.49. The molecule has 1 aliphatic rings. The molecule has 2 unspecified atom stereocenters. The quantitative estimate of drug-likeness (QED) is 0.925. The van der Waals surface area contributed by atoms with Gasteiger partial charge in [0.05, 0.1) is 10.6 Å². The van der Waals surface area contributed by atoms with Gasteiger partial charge in [-0.3, -0.25) is 0 Å². The Labute approximate surface area is 121 Å². The summed E-state index contributed by atoms with van der Waals surface area (Å²) in [5.74, 6) is 0.137. The fourth-order valence-electron chi connectivity index (χ4n) is 2.98. The van der Waals surface area contributed by atoms with E-state index in [1.807, 2.05) is 12.1 Å². The predicted octanol–water partition coefficient (Wildman–Crippen LogP) is 2.19. The van der Waals surface area contributed by atoms with Crippen LogP contribution >= 0.6 is 0 Å². The standard InChI is InChI=1S/C15H24N2O2S/c1-3-20(18,19)15-9-7-13(8-10-15)17-12(2)5-4-6-14(17)11-16/h7-10,12,14H,3-6,11,16H2,1-2H3. The van der Waals surface area contributed by atoms with Crippen LogP contribution in [0.3, 0.4) is 0 Å². The predicted molar refractivity (Wildman–Crippen MR) is 82.8 cm³/mol. The number of anilines is 1. The lowest BCUT2D eigenvalue weighted by molar-refractivity contribution is 0.401. The van der Waals surface area contributed by atoms with Crippen LogP contribution in [0.5, 0.6) is 0 Å². The molecule has 1 aromatic carbocycles. The van der Waals surface area contributed by atoms with Crippen LogP contribution in [-0.4, -0.2) is 32.8 Å². The van der Waals surface area contributed by atoms with E-state index in [0.717, 1.165) is 18.5 Å². The van der Waals surface area contributed by atoms with Crippen molar-refractivity contribution < 1.29 is 8.42 Å². The van der Waals surface area contributed by atoms with Crippen molar-refractivity contribution in [2.75, 3.05) is 17.2 Å². The van der Waals surface area contributed by atoms with Gasteiger partial charge < -0.3 is 10.6 Å². The molecule has 1 fully saturated rings. The van der Waals surface area contributed by atoms with Crippen LogP contribution in [0.4, 0.5) is 5.69 Å². The molecule has 0 amide bonds. The highest BCUT2D eigenvalue weighted by Crippen LogP contribution is 2.29. The third-order valence-electron chi connectivity index (χ3n) is 4.17. The Balaban J connectivity index is 2.28. The summed E-state index contributed by atoms with van der Waals surface area (Å²) in [5, 5.41) is 0. The van der Waals surface area contributed by atoms with Crippen LogP contribution in [-0.2, 0) is 9.84 Å². The normalized spacial score (nSPS) is 23.9. The highest BCUT2D eigenvalue weighted by molar-refractivity contribution is 7.91. The number of benzene rings is 1. The minimum Gasteiger partial charge on any atom is -0.365 e. The van der Waals surface area contributed by atoms with E-state index < -0.39 is 9.84 Å². The van der Waals surface area contributed by atoms with Gasteiger partial charge >= 0.3 is 0 Å². The summed E-state index contributed by atoms with van der Waals surface area (Å²) in [6, 6.07) is 8.05. The van der Waals surface area contributed by atoms with E-state index in [9.17, 15) is 8.42 Å². The van der Waals surface area contributed by atoms with Crippen LogP contribution in [0.25, 0.3) is 0 Å². The van der Waals surface area contributed by atoms with Gasteiger partial charge in [-0.05, 0) is 50.5 Å². The molecule has 2 N–H and O–H groups in total. The molecule has 5 heteroatoms. The molecule has 112 valence electrons. The Bertz CT molecular complexity index is 539. The SMILES string of the molecule is CCS(=O)(=O)c1ccc(N2C(C)CCCC2CN)cc1. The van der Waals surface area contributed by atoms with E-state index in [0.29, 0.717) is 23.5 Å². The lowest BCUT2D eigenvalue weighted by Crippen LogP contribution is -2.49. The lowest BCUT2D eigenvalue weighted by atomic mass is 9.95. The van der Waals surface area contributed by atoms with Gasteiger partial charge in [-0.2, -0.15) is 0 Å². The molecule has 1 saturated heterocycles. The number of piperidine rings is 1. The summed E-state index contributed by atoms with van der Waals surface area (Å²) in [6.45, 7) is 4.51. The Morgan fingerprint density at radius 2 is 1.90 bits per heavy atom. The second-order valence-electron chi connectivity index (χ2n) is 5.47. The molecule has 0 bridgehead atoms. The van der Waals surface area contributed by atoms with Gasteiger partial charge in [0.1, 0.15) is 0 Å². The van der Waals surface area contributed by atoms with Crippen molar-refractivity contribution in [1.82, 2.24) is 0 Å². The van der Waals surface area contributed by atoms with Crippen molar-refractivity contribution in [2.24, 2.45) is 5.73 Å². The van der Waals surface area contributed by atoms with Crippen LogP contribution < -0.4 is 10.6 Å². The number of sulfone groups is 1. The summed E-state index contributed by atoms with van der Waals surface area (Å²) < 4.78 is 23.7. The van der Waals surface area contributed by atoms with Gasteiger partial charge in [0, 0.05) is 24.3 Å². The van der Waals surface area contributed by atoms with Crippen molar-refractivity contribution in [2.45, 2.75) is 50.1 Å². The van der Waals surface area contributed by atoms with Crippen molar-refractivity contribution in [1.29, 1.82) is 0 Å². The van der Waals surface area contributed by atoms with Crippen molar-refractivity contribution in [3.63, 3.8) is 0 Å². The topological polar surface area (TPSA) is 63.4 Å². The Morgan fingerprint density at radius 3 is 2.45 bits per heavy atom. The maximum Gasteiger partial charge on any atom is 0.178 e. The van der Waals surface area contributed by atoms with Crippen molar-refractivity contribution in [3.8, 4) is 0 Å². The average molecular weight is 296 g/mol. The highest BCUT2D eigenvalue weighted by Gasteiger charge is 2.27. The second kappa shape index (κ2) is 6.14. The van der Waals surface area contributed by atoms with Gasteiger partial charge in [-0.25, -0.2) is 8.42 Å². The smallest absolute Gasteiger partial charge is 0.178 e. The van der Waals surface area contributed by atoms with E-state index in [4.69, 9.17) is 5.73 Å². The molecule has 0 saturated carbocycles. The number of nitrogens with two attached hydrogens (primary N) is 1. The monoisotopic (exact) mass is 296 g/mol. The lowest BCUT2D eigenvalue weighted by Gasteiger charge is -2.42. The number of nitrogens with zero attached hydrogens (tertiary/aromatic N) is 1. The van der Waals surface area contributed by atoms with Crippen LogP contribution in [0.2, 0.25) is 0 Å². The van der Waals surface area contributed by atoms with E-state index in [1.165, 1.54) is 6.42 Å². The van der Waals surface area contributed by atoms with E-state index >= 15 is 0 Å². The second-order valence-corrected chi connectivity index (χ2v) is 7.75. The average Bonchev–Trinajstić information content (AvgIpc) is 2.47. The van der Waals surface area contributed by atoms with E-state index in [1.54, 1.807) is 19.1 Å². The third kappa shape index (κ3) is 2.99. The summed E-state index contributed by atoms with van der Waals surface area (Å²) in [4.78, 5) is 2.74. The molecule has 0 aliphatic carbocycles. The minimum atomic E-state index is -3.12. The summed E-state index contributed by atoms with van der Waals surface area (Å²) in [7, 11) is -3.12. The number of rotatable bonds is 4. The molecule has 1 aliphatic heterocycles.